The number of benzene rings is 2. The lowest BCUT2D eigenvalue weighted by Crippen LogP contribution is -2.32. The summed E-state index contributed by atoms with van der Waals surface area (Å²) in [7, 11) is 0. The van der Waals surface area contributed by atoms with Gasteiger partial charge in [-0.1, -0.05) is 164 Å². The minimum absolute atomic E-state index is 0.0591. The molecule has 0 heterocycles. The van der Waals surface area contributed by atoms with Crippen molar-refractivity contribution in [2.45, 2.75) is 203 Å². The van der Waals surface area contributed by atoms with E-state index in [9.17, 15) is 0 Å². The third-order valence-corrected chi connectivity index (χ3v) is 9.02. The van der Waals surface area contributed by atoms with Gasteiger partial charge in [0.15, 0.2) is 0 Å². The zero-order chi connectivity index (χ0) is 33.9. The Morgan fingerprint density at radius 2 is 0.721 bits per heavy atom. The van der Waals surface area contributed by atoms with Crippen LogP contribution in [0.5, 0.6) is 0 Å². The van der Waals surface area contributed by atoms with Crippen molar-refractivity contribution >= 4 is 0 Å². The minimum atomic E-state index is 0.0591. The van der Waals surface area contributed by atoms with E-state index >= 15 is 0 Å². The standard InChI is InChI=1S/C43H72/c1-37(2,3)30-26-25-28(33(40(10,11)12)35(30)42(16,17)18)23-22-24-29-31(38(4,5)6)27-32(39(7,8)9)36(43(19,20)21)34(29)41(13,14)15/h25-27H,22-24H2,1-21H3. The molecule has 0 spiro atoms. The zero-order valence-electron chi connectivity index (χ0n) is 32.9. The van der Waals surface area contributed by atoms with Crippen LogP contribution in [0.15, 0.2) is 18.2 Å². The van der Waals surface area contributed by atoms with E-state index in [4.69, 9.17) is 0 Å². The van der Waals surface area contributed by atoms with Crippen molar-refractivity contribution in [2.24, 2.45) is 0 Å². The Hall–Kier alpha value is -1.56. The Morgan fingerprint density at radius 1 is 0.349 bits per heavy atom. The molecule has 0 nitrogen and oxygen atoms in total. The topological polar surface area (TPSA) is 0 Å². The first-order valence-corrected chi connectivity index (χ1v) is 17.2. The Bertz CT molecular complexity index is 1280. The summed E-state index contributed by atoms with van der Waals surface area (Å²) in [5, 5.41) is 0. The summed E-state index contributed by atoms with van der Waals surface area (Å²) in [5.74, 6) is 0. The van der Waals surface area contributed by atoms with Crippen LogP contribution in [0.2, 0.25) is 0 Å². The molecule has 0 radical (unpaired) electrons. The maximum absolute atomic E-state index is 2.61. The van der Waals surface area contributed by atoms with Gasteiger partial charge in [0, 0.05) is 0 Å². The summed E-state index contributed by atoms with van der Waals surface area (Å²) in [5.41, 5.74) is 14.6. The summed E-state index contributed by atoms with van der Waals surface area (Å²) in [4.78, 5) is 0. The molecule has 2 rings (SSSR count). The lowest BCUT2D eigenvalue weighted by Gasteiger charge is -2.41. The summed E-state index contributed by atoms with van der Waals surface area (Å²) in [6.07, 6.45) is 3.38. The molecule has 0 fully saturated rings. The molecule has 0 unspecified atom stereocenters. The second-order valence-electron chi connectivity index (χ2n) is 20.8. The minimum Gasteiger partial charge on any atom is -0.0584 e. The molecule has 2 aromatic carbocycles. The average molecular weight is 589 g/mol. The highest BCUT2D eigenvalue weighted by Gasteiger charge is 2.37. The molecule has 0 atom stereocenters. The number of aryl methyl sites for hydroxylation is 1. The fraction of sp³-hybridized carbons (Fsp3) is 0.721. The molecule has 0 aliphatic heterocycles. The lowest BCUT2D eigenvalue weighted by molar-refractivity contribution is 0.482. The van der Waals surface area contributed by atoms with Crippen LogP contribution >= 0.6 is 0 Å². The highest BCUT2D eigenvalue weighted by Crippen LogP contribution is 2.47. The van der Waals surface area contributed by atoms with E-state index in [1.807, 2.05) is 0 Å². The van der Waals surface area contributed by atoms with Crippen molar-refractivity contribution in [3.05, 3.63) is 68.3 Å². The fourth-order valence-corrected chi connectivity index (χ4v) is 7.42. The van der Waals surface area contributed by atoms with Crippen molar-refractivity contribution in [1.29, 1.82) is 0 Å². The first kappa shape index (κ1) is 37.6. The molecule has 0 aromatic heterocycles. The van der Waals surface area contributed by atoms with Crippen LogP contribution < -0.4 is 0 Å². The van der Waals surface area contributed by atoms with Gasteiger partial charge in [-0.25, -0.2) is 0 Å². The molecule has 0 saturated heterocycles. The van der Waals surface area contributed by atoms with Crippen LogP contribution in [0.1, 0.15) is 202 Å². The molecule has 43 heavy (non-hydrogen) atoms. The Kier molecular flexibility index (Phi) is 10.2. The molecular weight excluding hydrogens is 516 g/mol. The van der Waals surface area contributed by atoms with Crippen molar-refractivity contribution in [1.82, 2.24) is 0 Å². The van der Waals surface area contributed by atoms with Gasteiger partial charge in [-0.15, -0.1) is 0 Å². The van der Waals surface area contributed by atoms with Gasteiger partial charge < -0.3 is 0 Å². The zero-order valence-corrected chi connectivity index (χ0v) is 32.9. The van der Waals surface area contributed by atoms with E-state index in [1.54, 1.807) is 38.9 Å². The van der Waals surface area contributed by atoms with Gasteiger partial charge in [0.2, 0.25) is 0 Å². The smallest absolute Gasteiger partial charge is 0.0126 e. The highest BCUT2D eigenvalue weighted by atomic mass is 14.4. The van der Waals surface area contributed by atoms with Crippen molar-refractivity contribution in [3.8, 4) is 0 Å². The molecule has 0 saturated carbocycles. The molecule has 0 N–H and O–H groups in total. The molecule has 0 aliphatic carbocycles. The Morgan fingerprint density at radius 3 is 1.07 bits per heavy atom. The predicted octanol–water partition coefficient (Wildman–Crippen LogP) is 12.9. The third-order valence-electron chi connectivity index (χ3n) is 9.02. The Labute approximate surface area is 270 Å². The molecule has 2 aromatic rings. The van der Waals surface area contributed by atoms with Crippen LogP contribution in [0.3, 0.4) is 0 Å². The molecule has 244 valence electrons. The van der Waals surface area contributed by atoms with E-state index < -0.39 is 0 Å². The van der Waals surface area contributed by atoms with Crippen LogP contribution in [-0.2, 0) is 50.7 Å². The average Bonchev–Trinajstić information content (AvgIpc) is 2.73. The van der Waals surface area contributed by atoms with E-state index in [0.717, 1.165) is 19.3 Å². The molecule has 0 bridgehead atoms. The number of hydrogen-bond donors (Lipinski definition) is 0. The quantitative estimate of drug-likeness (QED) is 0.333. The monoisotopic (exact) mass is 589 g/mol. The fourth-order valence-electron chi connectivity index (χ4n) is 7.42. The third kappa shape index (κ3) is 8.58. The number of hydrogen-bond acceptors (Lipinski definition) is 0. The van der Waals surface area contributed by atoms with Gasteiger partial charge >= 0.3 is 0 Å². The maximum Gasteiger partial charge on any atom is -0.0126 e. The van der Waals surface area contributed by atoms with E-state index in [-0.39, 0.29) is 37.9 Å². The summed E-state index contributed by atoms with van der Waals surface area (Å²) >= 11 is 0. The molecular formula is C43H72. The van der Waals surface area contributed by atoms with Gasteiger partial charge in [-0.2, -0.15) is 0 Å². The Balaban J connectivity index is 2.88. The molecule has 0 amide bonds. The van der Waals surface area contributed by atoms with E-state index in [2.05, 4.69) is 164 Å². The lowest BCUT2D eigenvalue weighted by atomic mass is 9.64. The van der Waals surface area contributed by atoms with Crippen molar-refractivity contribution in [2.75, 3.05) is 0 Å². The summed E-state index contributed by atoms with van der Waals surface area (Å²) in [6.45, 7) is 50.7. The SMILES string of the molecule is CC(C)(C)c1cc(C(C)(C)C)c(C(C)(C)C)c(C(C)(C)C)c1CCCc1ccc(C(C)(C)C)c(C(C)(C)C)c1C(C)(C)C. The van der Waals surface area contributed by atoms with Crippen molar-refractivity contribution < 1.29 is 0 Å². The summed E-state index contributed by atoms with van der Waals surface area (Å²) < 4.78 is 0. The van der Waals surface area contributed by atoms with Gasteiger partial charge in [0.05, 0.1) is 0 Å². The summed E-state index contributed by atoms with van der Waals surface area (Å²) in [6, 6.07) is 7.55. The molecule has 0 heteroatoms. The normalized spacial score (nSPS) is 14.4. The maximum atomic E-state index is 2.61. The van der Waals surface area contributed by atoms with Gasteiger partial charge in [0.1, 0.15) is 0 Å². The molecule has 0 aliphatic rings. The van der Waals surface area contributed by atoms with Gasteiger partial charge in [-0.3, -0.25) is 0 Å². The second-order valence-corrected chi connectivity index (χ2v) is 20.8. The van der Waals surface area contributed by atoms with Crippen LogP contribution in [0.4, 0.5) is 0 Å². The largest absolute Gasteiger partial charge is 0.0584 e. The van der Waals surface area contributed by atoms with Crippen LogP contribution in [-0.4, -0.2) is 0 Å². The predicted molar refractivity (Wildman–Crippen MR) is 196 cm³/mol. The highest BCUT2D eigenvalue weighted by molar-refractivity contribution is 5.56. The van der Waals surface area contributed by atoms with Crippen molar-refractivity contribution in [3.63, 3.8) is 0 Å². The number of rotatable bonds is 4. The second kappa shape index (κ2) is 11.7. The van der Waals surface area contributed by atoms with Gasteiger partial charge in [0.25, 0.3) is 0 Å². The van der Waals surface area contributed by atoms with Crippen LogP contribution in [0.25, 0.3) is 0 Å². The first-order valence-electron chi connectivity index (χ1n) is 17.2. The van der Waals surface area contributed by atoms with Crippen LogP contribution in [0, 0.1) is 0 Å². The van der Waals surface area contributed by atoms with E-state index in [0.29, 0.717) is 0 Å². The first-order chi connectivity index (χ1) is 18.8. The van der Waals surface area contributed by atoms with Gasteiger partial charge in [-0.05, 0) is 107 Å². The van der Waals surface area contributed by atoms with E-state index in [1.165, 1.54) is 11.1 Å².